The lowest BCUT2D eigenvalue weighted by Gasteiger charge is -2.19. The average molecular weight is 285 g/mol. The lowest BCUT2D eigenvalue weighted by Crippen LogP contribution is -2.31. The van der Waals surface area contributed by atoms with Gasteiger partial charge in [-0.1, -0.05) is 0 Å². The first-order chi connectivity index (χ1) is 9.01. The van der Waals surface area contributed by atoms with E-state index < -0.39 is 12.1 Å². The second-order valence-electron chi connectivity index (χ2n) is 4.28. The first-order valence-electron chi connectivity index (χ1n) is 5.86. The number of aliphatic hydroxyl groups excluding tert-OH is 1. The molecule has 0 aliphatic carbocycles. The quantitative estimate of drug-likeness (QED) is 0.704. The van der Waals surface area contributed by atoms with Crippen molar-refractivity contribution in [2.75, 3.05) is 27.3 Å². The lowest BCUT2D eigenvalue weighted by molar-refractivity contribution is -0.131. The predicted octanol–water partition coefficient (Wildman–Crippen LogP) is 1.29. The summed E-state index contributed by atoms with van der Waals surface area (Å²) < 4.78 is 4.87. The van der Waals surface area contributed by atoms with E-state index in [2.05, 4.69) is 0 Å². The van der Waals surface area contributed by atoms with Gasteiger partial charge >= 0.3 is 5.97 Å². The summed E-state index contributed by atoms with van der Waals surface area (Å²) in [5.74, 6) is -0.949. The van der Waals surface area contributed by atoms with Crippen molar-refractivity contribution >= 4 is 23.4 Å². The van der Waals surface area contributed by atoms with Crippen molar-refractivity contribution in [2.24, 2.45) is 0 Å². The van der Waals surface area contributed by atoms with E-state index in [9.17, 15) is 9.90 Å². The van der Waals surface area contributed by atoms with Crippen LogP contribution in [-0.2, 0) is 16.1 Å². The highest BCUT2D eigenvalue weighted by molar-refractivity contribution is 7.12. The van der Waals surface area contributed by atoms with Gasteiger partial charge < -0.3 is 14.9 Å². The molecule has 0 aliphatic heterocycles. The highest BCUT2D eigenvalue weighted by atomic mass is 32.1. The average Bonchev–Trinajstić information content (AvgIpc) is 2.74. The molecule has 1 unspecified atom stereocenters. The van der Waals surface area contributed by atoms with E-state index in [0.717, 1.165) is 15.8 Å². The fraction of sp³-hybridized carbons (Fsp3) is 0.462. The number of rotatable bonds is 8. The third-order valence-electron chi connectivity index (χ3n) is 2.38. The van der Waals surface area contributed by atoms with Crippen molar-refractivity contribution in [3.63, 3.8) is 0 Å². The zero-order valence-electron chi connectivity index (χ0n) is 11.1. The third kappa shape index (κ3) is 6.49. The number of carboxylic acid groups (broad SMARTS) is 1. The maximum Gasteiger partial charge on any atom is 0.328 e. The van der Waals surface area contributed by atoms with Crippen LogP contribution >= 0.6 is 11.3 Å². The minimum Gasteiger partial charge on any atom is -0.478 e. The Kier molecular flexibility index (Phi) is 6.72. The zero-order valence-corrected chi connectivity index (χ0v) is 11.9. The molecule has 0 saturated carbocycles. The maximum absolute atomic E-state index is 10.4. The Morgan fingerprint density at radius 1 is 1.58 bits per heavy atom. The minimum atomic E-state index is -0.949. The van der Waals surface area contributed by atoms with Crippen LogP contribution < -0.4 is 0 Å². The molecule has 0 amide bonds. The van der Waals surface area contributed by atoms with Gasteiger partial charge in [-0.25, -0.2) is 4.79 Å². The Balaban J connectivity index is 2.46. The van der Waals surface area contributed by atoms with E-state index >= 15 is 0 Å². The molecule has 1 aromatic rings. The van der Waals surface area contributed by atoms with Crippen LogP contribution in [-0.4, -0.2) is 54.5 Å². The van der Waals surface area contributed by atoms with Crippen molar-refractivity contribution in [3.05, 3.63) is 28.0 Å². The van der Waals surface area contributed by atoms with Crippen LogP contribution in [0.3, 0.4) is 0 Å². The topological polar surface area (TPSA) is 70.0 Å². The van der Waals surface area contributed by atoms with E-state index in [0.29, 0.717) is 19.7 Å². The molecule has 0 radical (unpaired) electrons. The van der Waals surface area contributed by atoms with E-state index in [1.54, 1.807) is 13.2 Å². The SMILES string of the molecule is COCC(O)CN(C)Cc1ccc(C=CC(=O)O)s1. The number of carbonyl (C=O) groups is 1. The van der Waals surface area contributed by atoms with Crippen molar-refractivity contribution in [3.8, 4) is 0 Å². The van der Waals surface area contributed by atoms with Crippen LogP contribution in [0.25, 0.3) is 6.08 Å². The molecule has 0 fully saturated rings. The highest BCUT2D eigenvalue weighted by Gasteiger charge is 2.09. The fourth-order valence-electron chi connectivity index (χ4n) is 1.66. The van der Waals surface area contributed by atoms with E-state index in [-0.39, 0.29) is 0 Å². The number of ether oxygens (including phenoxy) is 1. The molecule has 2 N–H and O–H groups in total. The zero-order chi connectivity index (χ0) is 14.3. The molecule has 0 bridgehead atoms. The van der Waals surface area contributed by atoms with Crippen LogP contribution in [0.4, 0.5) is 0 Å². The number of hydrogen-bond donors (Lipinski definition) is 2. The van der Waals surface area contributed by atoms with Gasteiger partial charge in [0.1, 0.15) is 0 Å². The Morgan fingerprint density at radius 2 is 2.32 bits per heavy atom. The predicted molar refractivity (Wildman–Crippen MR) is 75.2 cm³/mol. The second kappa shape index (κ2) is 8.06. The van der Waals surface area contributed by atoms with Gasteiger partial charge in [0.05, 0.1) is 12.7 Å². The number of methoxy groups -OCH3 is 1. The molecule has 1 rings (SSSR count). The van der Waals surface area contributed by atoms with Crippen LogP contribution in [0.2, 0.25) is 0 Å². The number of aliphatic carboxylic acids is 1. The van der Waals surface area contributed by atoms with Gasteiger partial charge in [-0.15, -0.1) is 11.3 Å². The van der Waals surface area contributed by atoms with Gasteiger partial charge in [-0.3, -0.25) is 4.90 Å². The molecule has 19 heavy (non-hydrogen) atoms. The molecular formula is C13H19NO4S. The van der Waals surface area contributed by atoms with Gasteiger partial charge in [0.25, 0.3) is 0 Å². The molecule has 6 heteroatoms. The van der Waals surface area contributed by atoms with Gasteiger partial charge in [0, 0.05) is 36.0 Å². The molecule has 0 aromatic carbocycles. The maximum atomic E-state index is 10.4. The largest absolute Gasteiger partial charge is 0.478 e. The molecule has 1 atom stereocenters. The van der Waals surface area contributed by atoms with Crippen LogP contribution in [0, 0.1) is 0 Å². The Morgan fingerprint density at radius 3 is 2.95 bits per heavy atom. The smallest absolute Gasteiger partial charge is 0.328 e. The highest BCUT2D eigenvalue weighted by Crippen LogP contribution is 2.19. The number of carboxylic acids is 1. The van der Waals surface area contributed by atoms with Crippen molar-refractivity contribution < 1.29 is 19.7 Å². The summed E-state index contributed by atoms with van der Waals surface area (Å²) in [6.07, 6.45) is 2.21. The summed E-state index contributed by atoms with van der Waals surface area (Å²) in [5.41, 5.74) is 0. The number of nitrogens with zero attached hydrogens (tertiary/aromatic N) is 1. The molecule has 0 aliphatic rings. The van der Waals surface area contributed by atoms with Gasteiger partial charge in [-0.2, -0.15) is 0 Å². The molecule has 106 valence electrons. The molecular weight excluding hydrogens is 266 g/mol. The summed E-state index contributed by atoms with van der Waals surface area (Å²) >= 11 is 1.54. The normalized spacial score (nSPS) is 13.3. The van der Waals surface area contributed by atoms with Gasteiger partial charge in [-0.05, 0) is 25.3 Å². The Labute approximate surface area is 116 Å². The van der Waals surface area contributed by atoms with E-state index in [1.165, 1.54) is 11.3 Å². The second-order valence-corrected chi connectivity index (χ2v) is 5.48. The minimum absolute atomic E-state index is 0.321. The molecule has 0 saturated heterocycles. The van der Waals surface area contributed by atoms with Crippen molar-refractivity contribution in [2.45, 2.75) is 12.6 Å². The number of aliphatic hydroxyl groups is 1. The molecule has 1 heterocycles. The molecule has 1 aromatic heterocycles. The molecule has 0 spiro atoms. The van der Waals surface area contributed by atoms with Crippen LogP contribution in [0.15, 0.2) is 18.2 Å². The summed E-state index contributed by atoms with van der Waals surface area (Å²) in [6, 6.07) is 3.85. The van der Waals surface area contributed by atoms with Crippen LogP contribution in [0.5, 0.6) is 0 Å². The fourth-order valence-corrected chi connectivity index (χ4v) is 2.65. The monoisotopic (exact) mass is 285 g/mol. The van der Waals surface area contributed by atoms with Gasteiger partial charge in [0.2, 0.25) is 0 Å². The number of thiophene rings is 1. The lowest BCUT2D eigenvalue weighted by atomic mass is 10.3. The molecule has 5 nitrogen and oxygen atoms in total. The van der Waals surface area contributed by atoms with E-state index in [1.807, 2.05) is 24.1 Å². The van der Waals surface area contributed by atoms with Crippen molar-refractivity contribution in [1.82, 2.24) is 4.90 Å². The summed E-state index contributed by atoms with van der Waals surface area (Å²) in [5, 5.41) is 18.2. The number of likely N-dealkylation sites (N-methyl/N-ethyl adjacent to an activating group) is 1. The van der Waals surface area contributed by atoms with Crippen molar-refractivity contribution in [1.29, 1.82) is 0 Å². The van der Waals surface area contributed by atoms with E-state index in [4.69, 9.17) is 9.84 Å². The Bertz CT molecular complexity index is 430. The van der Waals surface area contributed by atoms with Crippen LogP contribution in [0.1, 0.15) is 9.75 Å². The summed E-state index contributed by atoms with van der Waals surface area (Å²) in [6.45, 7) is 1.57. The first kappa shape index (κ1) is 15.8. The summed E-state index contributed by atoms with van der Waals surface area (Å²) in [7, 11) is 3.48. The Hall–Kier alpha value is -1.21. The first-order valence-corrected chi connectivity index (χ1v) is 6.68. The van der Waals surface area contributed by atoms with Gasteiger partial charge in [0.15, 0.2) is 0 Å². The standard InChI is InChI=1S/C13H19NO4S/c1-14(7-10(15)9-18-2)8-12-4-3-11(19-12)5-6-13(16)17/h3-6,10,15H,7-9H2,1-2H3,(H,16,17). The summed E-state index contributed by atoms with van der Waals surface area (Å²) in [4.78, 5) is 14.4. The third-order valence-corrected chi connectivity index (χ3v) is 3.42. The number of hydrogen-bond acceptors (Lipinski definition) is 5.